The van der Waals surface area contributed by atoms with E-state index in [2.05, 4.69) is 5.32 Å². The third-order valence-electron chi connectivity index (χ3n) is 3.29. The minimum Gasteiger partial charge on any atom is -0.492 e. The Hall–Kier alpha value is -1.01. The van der Waals surface area contributed by atoms with Crippen LogP contribution in [-0.4, -0.2) is 37.8 Å². The quantitative estimate of drug-likeness (QED) is 0.805. The highest BCUT2D eigenvalue weighted by molar-refractivity contribution is 6.30. The Morgan fingerprint density at radius 3 is 2.81 bits per heavy atom. The topological polar surface area (TPSA) is 73.6 Å². The maximum atomic E-state index is 12.0. The molecule has 1 aliphatic rings. The molecule has 0 radical (unpaired) electrons. The number of halogens is 2. The number of ether oxygens (including phenoxy) is 2. The lowest BCUT2D eigenvalue weighted by Gasteiger charge is -2.31. The van der Waals surface area contributed by atoms with E-state index in [1.54, 1.807) is 12.1 Å². The van der Waals surface area contributed by atoms with Gasteiger partial charge in [0.15, 0.2) is 0 Å². The first-order chi connectivity index (χ1) is 9.60. The largest absolute Gasteiger partial charge is 0.492 e. The molecule has 0 atom stereocenters. The summed E-state index contributed by atoms with van der Waals surface area (Å²) in [6.45, 7) is 1.84. The molecule has 0 bridgehead atoms. The first-order valence-corrected chi connectivity index (χ1v) is 7.01. The maximum Gasteiger partial charge on any atom is 0.240 e. The van der Waals surface area contributed by atoms with Crippen molar-refractivity contribution in [2.75, 3.05) is 26.4 Å². The van der Waals surface area contributed by atoms with E-state index in [0.717, 1.165) is 0 Å². The van der Waals surface area contributed by atoms with E-state index in [0.29, 0.717) is 50.0 Å². The summed E-state index contributed by atoms with van der Waals surface area (Å²) in [6, 6.07) is 7.13. The molecule has 0 aromatic heterocycles. The summed E-state index contributed by atoms with van der Waals surface area (Å²) in [7, 11) is 0. The molecule has 1 aliphatic heterocycles. The van der Waals surface area contributed by atoms with Gasteiger partial charge in [-0.15, -0.1) is 12.4 Å². The lowest BCUT2D eigenvalue weighted by molar-refractivity contribution is -0.129. The molecule has 1 fully saturated rings. The highest BCUT2D eigenvalue weighted by Gasteiger charge is 2.35. The summed E-state index contributed by atoms with van der Waals surface area (Å²) in [5.41, 5.74) is 5.25. The molecular weight excluding hydrogens is 315 g/mol. The van der Waals surface area contributed by atoms with E-state index in [4.69, 9.17) is 26.8 Å². The normalized spacial score (nSPS) is 16.7. The number of hydrogen-bond donors (Lipinski definition) is 2. The van der Waals surface area contributed by atoms with Gasteiger partial charge in [0.25, 0.3) is 0 Å². The first-order valence-electron chi connectivity index (χ1n) is 6.63. The second-order valence-electron chi connectivity index (χ2n) is 4.83. The third-order valence-corrected chi connectivity index (χ3v) is 3.52. The molecule has 5 nitrogen and oxygen atoms in total. The van der Waals surface area contributed by atoms with Gasteiger partial charge in [-0.25, -0.2) is 0 Å². The lowest BCUT2D eigenvalue weighted by Crippen LogP contribution is -2.57. The molecule has 1 heterocycles. The van der Waals surface area contributed by atoms with Crippen LogP contribution in [0, 0.1) is 0 Å². The Bertz CT molecular complexity index is 465. The average Bonchev–Trinajstić information content (AvgIpc) is 2.44. The van der Waals surface area contributed by atoms with Gasteiger partial charge >= 0.3 is 0 Å². The van der Waals surface area contributed by atoms with Crippen LogP contribution < -0.4 is 15.8 Å². The molecule has 7 heteroatoms. The van der Waals surface area contributed by atoms with E-state index < -0.39 is 5.54 Å². The summed E-state index contributed by atoms with van der Waals surface area (Å²) < 4.78 is 10.7. The van der Waals surface area contributed by atoms with E-state index in [1.165, 1.54) is 0 Å². The molecule has 1 amide bonds. The van der Waals surface area contributed by atoms with Crippen molar-refractivity contribution in [1.82, 2.24) is 5.32 Å². The summed E-state index contributed by atoms with van der Waals surface area (Å²) in [6.07, 6.45) is 1.10. The van der Waals surface area contributed by atoms with Gasteiger partial charge in [-0.05, 0) is 31.0 Å². The van der Waals surface area contributed by atoms with Crippen molar-refractivity contribution in [3.05, 3.63) is 29.3 Å². The fraction of sp³-hybridized carbons (Fsp3) is 0.500. The zero-order valence-corrected chi connectivity index (χ0v) is 13.2. The van der Waals surface area contributed by atoms with Crippen LogP contribution in [0.15, 0.2) is 24.3 Å². The number of rotatable bonds is 5. The van der Waals surface area contributed by atoms with Crippen LogP contribution in [0.3, 0.4) is 0 Å². The number of hydrogen-bond acceptors (Lipinski definition) is 4. The van der Waals surface area contributed by atoms with Crippen molar-refractivity contribution in [3.8, 4) is 5.75 Å². The molecule has 21 heavy (non-hydrogen) atoms. The van der Waals surface area contributed by atoms with Crippen LogP contribution >= 0.6 is 24.0 Å². The zero-order valence-electron chi connectivity index (χ0n) is 11.6. The minimum atomic E-state index is -0.811. The van der Waals surface area contributed by atoms with Gasteiger partial charge in [-0.2, -0.15) is 0 Å². The van der Waals surface area contributed by atoms with Crippen molar-refractivity contribution >= 4 is 29.9 Å². The highest BCUT2D eigenvalue weighted by Crippen LogP contribution is 2.18. The van der Waals surface area contributed by atoms with Crippen LogP contribution in [0.25, 0.3) is 0 Å². The van der Waals surface area contributed by atoms with Crippen molar-refractivity contribution in [3.63, 3.8) is 0 Å². The van der Waals surface area contributed by atoms with Gasteiger partial charge in [0, 0.05) is 18.2 Å². The Kier molecular flexibility index (Phi) is 7.25. The van der Waals surface area contributed by atoms with Crippen molar-refractivity contribution in [2.24, 2.45) is 5.73 Å². The number of amides is 1. The Balaban J connectivity index is 0.00000220. The van der Waals surface area contributed by atoms with Crippen molar-refractivity contribution in [2.45, 2.75) is 18.4 Å². The summed E-state index contributed by atoms with van der Waals surface area (Å²) in [5.74, 6) is 0.538. The second kappa shape index (κ2) is 8.44. The third kappa shape index (κ3) is 5.36. The molecule has 0 saturated carbocycles. The summed E-state index contributed by atoms with van der Waals surface area (Å²) in [5, 5.41) is 3.42. The fourth-order valence-electron chi connectivity index (χ4n) is 2.03. The van der Waals surface area contributed by atoms with Crippen LogP contribution in [-0.2, 0) is 9.53 Å². The average molecular weight is 335 g/mol. The van der Waals surface area contributed by atoms with E-state index in [9.17, 15) is 4.79 Å². The summed E-state index contributed by atoms with van der Waals surface area (Å²) in [4.78, 5) is 12.0. The van der Waals surface area contributed by atoms with E-state index >= 15 is 0 Å². The Morgan fingerprint density at radius 1 is 1.43 bits per heavy atom. The van der Waals surface area contributed by atoms with Crippen LogP contribution in [0.5, 0.6) is 5.75 Å². The number of benzene rings is 1. The molecule has 0 unspecified atom stereocenters. The van der Waals surface area contributed by atoms with Gasteiger partial charge in [0.1, 0.15) is 12.4 Å². The zero-order chi connectivity index (χ0) is 14.4. The van der Waals surface area contributed by atoms with Crippen molar-refractivity contribution in [1.29, 1.82) is 0 Å². The lowest BCUT2D eigenvalue weighted by atomic mass is 9.90. The molecule has 1 aromatic carbocycles. The maximum absolute atomic E-state index is 12.0. The SMILES string of the molecule is Cl.NC1(C(=O)NCCOc2cccc(Cl)c2)CCOCC1. The van der Waals surface area contributed by atoms with Crippen LogP contribution in [0.1, 0.15) is 12.8 Å². The second-order valence-corrected chi connectivity index (χ2v) is 5.27. The van der Waals surface area contributed by atoms with Gasteiger partial charge < -0.3 is 20.5 Å². The monoisotopic (exact) mass is 334 g/mol. The highest BCUT2D eigenvalue weighted by atomic mass is 35.5. The predicted octanol–water partition coefficient (Wildman–Crippen LogP) is 1.76. The van der Waals surface area contributed by atoms with Crippen molar-refractivity contribution < 1.29 is 14.3 Å². The number of carbonyl (C=O) groups excluding carboxylic acids is 1. The van der Waals surface area contributed by atoms with Crippen LogP contribution in [0.4, 0.5) is 0 Å². The summed E-state index contributed by atoms with van der Waals surface area (Å²) >= 11 is 5.85. The van der Waals surface area contributed by atoms with E-state index in [1.807, 2.05) is 12.1 Å². The Labute approximate surface area is 135 Å². The fourth-order valence-corrected chi connectivity index (χ4v) is 2.21. The number of nitrogens with two attached hydrogens (primary N) is 1. The van der Waals surface area contributed by atoms with Crippen LogP contribution in [0.2, 0.25) is 5.02 Å². The first kappa shape index (κ1) is 18.0. The minimum absolute atomic E-state index is 0. The molecule has 0 spiro atoms. The number of carbonyl (C=O) groups is 1. The molecule has 118 valence electrons. The molecule has 3 N–H and O–H groups in total. The molecule has 1 saturated heterocycles. The van der Waals surface area contributed by atoms with Gasteiger partial charge in [0.05, 0.1) is 12.1 Å². The molecule has 1 aromatic rings. The Morgan fingerprint density at radius 2 is 2.14 bits per heavy atom. The van der Waals surface area contributed by atoms with Gasteiger partial charge in [-0.1, -0.05) is 17.7 Å². The standard InChI is InChI=1S/C14H19ClN2O3.ClH/c15-11-2-1-3-12(10-11)20-9-6-17-13(18)14(16)4-7-19-8-5-14;/h1-3,10H,4-9,16H2,(H,17,18);1H. The smallest absolute Gasteiger partial charge is 0.240 e. The van der Waals surface area contributed by atoms with Gasteiger partial charge in [0.2, 0.25) is 5.91 Å². The predicted molar refractivity (Wildman–Crippen MR) is 84.2 cm³/mol. The van der Waals surface area contributed by atoms with Gasteiger partial charge in [-0.3, -0.25) is 4.79 Å². The number of nitrogens with one attached hydrogen (secondary N) is 1. The molecule has 2 rings (SSSR count). The molecular formula is C14H20Cl2N2O3. The van der Waals surface area contributed by atoms with E-state index in [-0.39, 0.29) is 18.3 Å². The molecule has 0 aliphatic carbocycles.